The molecule has 1 heterocycles. The number of allylic oxidation sites excluding steroid dienone is 3. The molecule has 0 aromatic heterocycles. The van der Waals surface area contributed by atoms with Crippen molar-refractivity contribution in [2.24, 2.45) is 5.92 Å². The van der Waals surface area contributed by atoms with E-state index in [-0.39, 0.29) is 30.1 Å². The second kappa shape index (κ2) is 10.9. The van der Waals surface area contributed by atoms with Crippen LogP contribution < -0.4 is 5.32 Å². The van der Waals surface area contributed by atoms with E-state index in [4.69, 9.17) is 9.47 Å². The SMILES string of the molecule is C=C/C=C(\C=C)OC1C(Cc2ccc(C)cc2)CCC[C@H](NC)C(=O)OC1C. The van der Waals surface area contributed by atoms with Crippen LogP contribution in [0.3, 0.4) is 0 Å². The highest BCUT2D eigenvalue weighted by atomic mass is 16.6. The molecule has 0 bridgehead atoms. The monoisotopic (exact) mass is 383 g/mol. The minimum Gasteiger partial charge on any atom is -0.486 e. The Hall–Kier alpha value is -2.33. The Morgan fingerprint density at radius 2 is 2.00 bits per heavy atom. The molecule has 1 aliphatic rings. The molecule has 2 rings (SSSR count). The zero-order valence-electron chi connectivity index (χ0n) is 17.3. The van der Waals surface area contributed by atoms with Crippen LogP contribution in [0.25, 0.3) is 0 Å². The van der Waals surface area contributed by atoms with E-state index < -0.39 is 0 Å². The molecule has 28 heavy (non-hydrogen) atoms. The van der Waals surface area contributed by atoms with Gasteiger partial charge in [0.2, 0.25) is 0 Å². The molecule has 0 spiro atoms. The fourth-order valence-electron chi connectivity index (χ4n) is 3.71. The second-order valence-electron chi connectivity index (χ2n) is 7.46. The molecule has 4 heteroatoms. The number of hydrogen-bond donors (Lipinski definition) is 1. The van der Waals surface area contributed by atoms with E-state index in [1.807, 2.05) is 6.92 Å². The van der Waals surface area contributed by atoms with E-state index in [2.05, 4.69) is 49.7 Å². The number of aryl methyl sites for hydroxylation is 1. The summed E-state index contributed by atoms with van der Waals surface area (Å²) in [7, 11) is 1.80. The van der Waals surface area contributed by atoms with Gasteiger partial charge in [0.15, 0.2) is 0 Å². The first-order valence-corrected chi connectivity index (χ1v) is 10.0. The van der Waals surface area contributed by atoms with Gasteiger partial charge in [-0.3, -0.25) is 4.79 Å². The van der Waals surface area contributed by atoms with E-state index >= 15 is 0 Å². The Balaban J connectivity index is 2.31. The van der Waals surface area contributed by atoms with Crippen LogP contribution >= 0.6 is 0 Å². The maximum Gasteiger partial charge on any atom is 0.323 e. The van der Waals surface area contributed by atoms with Crippen LogP contribution in [0.1, 0.15) is 37.3 Å². The lowest BCUT2D eigenvalue weighted by Crippen LogP contribution is -2.41. The predicted molar refractivity (Wildman–Crippen MR) is 114 cm³/mol. The third-order valence-electron chi connectivity index (χ3n) is 5.30. The summed E-state index contributed by atoms with van der Waals surface area (Å²) in [5, 5.41) is 3.07. The fraction of sp³-hybridized carbons (Fsp3) is 0.458. The number of rotatable bonds is 7. The molecule has 1 aromatic carbocycles. The smallest absolute Gasteiger partial charge is 0.323 e. The van der Waals surface area contributed by atoms with Gasteiger partial charge in [0.1, 0.15) is 24.0 Å². The third kappa shape index (κ3) is 6.10. The number of likely N-dealkylation sites (N-methyl/N-ethyl adjacent to an activating group) is 1. The first kappa shape index (κ1) is 22.0. The summed E-state index contributed by atoms with van der Waals surface area (Å²) in [6.07, 6.45) is 8.01. The van der Waals surface area contributed by atoms with Crippen molar-refractivity contribution >= 4 is 5.97 Å². The molecule has 1 saturated heterocycles. The summed E-state index contributed by atoms with van der Waals surface area (Å²) < 4.78 is 12.1. The average Bonchev–Trinajstić information content (AvgIpc) is 2.73. The van der Waals surface area contributed by atoms with Gasteiger partial charge in [0.25, 0.3) is 0 Å². The minimum absolute atomic E-state index is 0.215. The Labute approximate surface area is 169 Å². The highest BCUT2D eigenvalue weighted by Crippen LogP contribution is 2.29. The number of esters is 1. The van der Waals surface area contributed by atoms with Gasteiger partial charge in [-0.15, -0.1) is 0 Å². The number of ether oxygens (including phenoxy) is 2. The van der Waals surface area contributed by atoms with Crippen LogP contribution in [0.5, 0.6) is 0 Å². The zero-order valence-corrected chi connectivity index (χ0v) is 17.3. The second-order valence-corrected chi connectivity index (χ2v) is 7.46. The Morgan fingerprint density at radius 1 is 1.29 bits per heavy atom. The molecule has 0 amide bonds. The van der Waals surface area contributed by atoms with Crippen LogP contribution in [0.2, 0.25) is 0 Å². The lowest BCUT2D eigenvalue weighted by atomic mass is 9.86. The first-order valence-electron chi connectivity index (χ1n) is 10.0. The van der Waals surface area contributed by atoms with E-state index in [0.717, 1.165) is 25.7 Å². The van der Waals surface area contributed by atoms with Crippen molar-refractivity contribution in [3.05, 3.63) is 72.5 Å². The molecule has 0 saturated carbocycles. The van der Waals surface area contributed by atoms with Crippen molar-refractivity contribution in [3.63, 3.8) is 0 Å². The quantitative estimate of drug-likeness (QED) is 0.428. The number of benzene rings is 1. The largest absolute Gasteiger partial charge is 0.486 e. The van der Waals surface area contributed by atoms with Crippen molar-refractivity contribution in [3.8, 4) is 0 Å². The van der Waals surface area contributed by atoms with Gasteiger partial charge >= 0.3 is 5.97 Å². The number of carbonyl (C=O) groups excluding carboxylic acids is 1. The Bertz CT molecular complexity index is 692. The fourth-order valence-corrected chi connectivity index (χ4v) is 3.71. The van der Waals surface area contributed by atoms with E-state index in [9.17, 15) is 4.79 Å². The van der Waals surface area contributed by atoms with Gasteiger partial charge in [0.05, 0.1) is 0 Å². The van der Waals surface area contributed by atoms with E-state index in [1.54, 1.807) is 25.3 Å². The number of carbonyl (C=O) groups is 1. The van der Waals surface area contributed by atoms with Crippen LogP contribution in [0, 0.1) is 12.8 Å². The highest BCUT2D eigenvalue weighted by Gasteiger charge is 2.35. The van der Waals surface area contributed by atoms with Gasteiger partial charge in [-0.25, -0.2) is 0 Å². The summed E-state index contributed by atoms with van der Waals surface area (Å²) in [4.78, 5) is 12.5. The summed E-state index contributed by atoms with van der Waals surface area (Å²) in [5.41, 5.74) is 2.51. The number of cyclic esters (lactones) is 1. The molecule has 1 aliphatic heterocycles. The maximum atomic E-state index is 12.5. The van der Waals surface area contributed by atoms with Gasteiger partial charge < -0.3 is 14.8 Å². The molecule has 4 nitrogen and oxygen atoms in total. The van der Waals surface area contributed by atoms with Crippen LogP contribution in [-0.2, 0) is 20.7 Å². The third-order valence-corrected chi connectivity index (χ3v) is 5.30. The lowest BCUT2D eigenvalue weighted by Gasteiger charge is -2.32. The minimum atomic E-state index is -0.370. The van der Waals surface area contributed by atoms with E-state index in [1.165, 1.54) is 11.1 Å². The molecule has 0 aliphatic carbocycles. The summed E-state index contributed by atoms with van der Waals surface area (Å²) in [6.45, 7) is 11.6. The number of hydrogen-bond acceptors (Lipinski definition) is 4. The van der Waals surface area contributed by atoms with Crippen molar-refractivity contribution in [1.29, 1.82) is 0 Å². The lowest BCUT2D eigenvalue weighted by molar-refractivity contribution is -0.158. The maximum absolute atomic E-state index is 12.5. The van der Waals surface area contributed by atoms with Crippen LogP contribution in [0.4, 0.5) is 0 Å². The molecular formula is C24H33NO3. The Morgan fingerprint density at radius 3 is 2.61 bits per heavy atom. The molecule has 4 atom stereocenters. The first-order chi connectivity index (χ1) is 13.5. The molecule has 0 radical (unpaired) electrons. The van der Waals surface area contributed by atoms with Gasteiger partial charge in [0, 0.05) is 5.92 Å². The molecule has 3 unspecified atom stereocenters. The molecule has 1 aromatic rings. The predicted octanol–water partition coefficient (Wildman–Crippen LogP) is 4.50. The molecule has 152 valence electrons. The summed E-state index contributed by atoms with van der Waals surface area (Å²) in [5.74, 6) is 0.642. The standard InChI is InChI=1S/C24H33NO3/c1-6-9-21(7-2)28-23-18(4)27-24(26)22(25-5)11-8-10-20(23)16-19-14-12-17(3)13-15-19/h6-7,9,12-15,18,20,22-23,25H,1-2,8,10-11,16H2,3-5H3/b21-9+/t18?,20?,22-,23?/m0/s1. The van der Waals surface area contributed by atoms with Gasteiger partial charge in [-0.05, 0) is 57.9 Å². The average molecular weight is 384 g/mol. The molecular weight excluding hydrogens is 350 g/mol. The Kier molecular flexibility index (Phi) is 8.52. The van der Waals surface area contributed by atoms with Crippen LogP contribution in [-0.4, -0.2) is 31.3 Å². The number of nitrogens with one attached hydrogen (secondary N) is 1. The molecule has 1 N–H and O–H groups in total. The van der Waals surface area contributed by atoms with Crippen molar-refractivity contribution < 1.29 is 14.3 Å². The topological polar surface area (TPSA) is 47.6 Å². The zero-order chi connectivity index (χ0) is 20.5. The van der Waals surface area contributed by atoms with Gasteiger partial charge in [-0.2, -0.15) is 0 Å². The van der Waals surface area contributed by atoms with E-state index in [0.29, 0.717) is 5.76 Å². The molecule has 1 fully saturated rings. The summed E-state index contributed by atoms with van der Waals surface area (Å²) in [6, 6.07) is 8.32. The van der Waals surface area contributed by atoms with Crippen LogP contribution in [0.15, 0.2) is 61.4 Å². The summed E-state index contributed by atoms with van der Waals surface area (Å²) >= 11 is 0. The van der Waals surface area contributed by atoms with Gasteiger partial charge in [-0.1, -0.05) is 55.5 Å². The van der Waals surface area contributed by atoms with Crippen molar-refractivity contribution in [1.82, 2.24) is 5.32 Å². The normalized spacial score (nSPS) is 26.4. The van der Waals surface area contributed by atoms with Crippen molar-refractivity contribution in [2.75, 3.05) is 7.05 Å². The van der Waals surface area contributed by atoms with Crippen molar-refractivity contribution in [2.45, 2.75) is 57.8 Å². The highest BCUT2D eigenvalue weighted by molar-refractivity contribution is 5.75.